The molecular formula is C13H14ClNO4. The fraction of sp³-hybridized carbons (Fsp3) is 0.231. The minimum absolute atomic E-state index is 0.340. The normalized spacial score (nSPS) is 12.4. The van der Waals surface area contributed by atoms with Crippen LogP contribution in [0.3, 0.4) is 0 Å². The lowest BCUT2D eigenvalue weighted by atomic mass is 10.1. The molecule has 1 atom stereocenters. The summed E-state index contributed by atoms with van der Waals surface area (Å²) in [6, 6.07) is 5.35. The molecule has 0 aliphatic rings. The summed E-state index contributed by atoms with van der Waals surface area (Å²) >= 11 is 5.93. The van der Waals surface area contributed by atoms with Crippen molar-refractivity contribution in [2.24, 2.45) is 0 Å². The van der Waals surface area contributed by atoms with Crippen LogP contribution < -0.4 is 5.32 Å². The van der Waals surface area contributed by atoms with Crippen molar-refractivity contribution in [2.45, 2.75) is 13.0 Å². The fourth-order valence-electron chi connectivity index (χ4n) is 1.23. The van der Waals surface area contributed by atoms with Gasteiger partial charge >= 0.3 is 5.97 Å². The Balaban J connectivity index is 2.54. The van der Waals surface area contributed by atoms with E-state index in [1.54, 1.807) is 18.2 Å². The Labute approximate surface area is 115 Å². The van der Waals surface area contributed by atoms with Crippen LogP contribution in [0.5, 0.6) is 0 Å². The molecule has 0 aliphatic heterocycles. The molecule has 0 saturated heterocycles. The van der Waals surface area contributed by atoms with E-state index in [-0.39, 0.29) is 6.54 Å². The third-order valence-electron chi connectivity index (χ3n) is 2.38. The smallest absolute Gasteiger partial charge is 0.334 e. The number of carboxylic acid groups (broad SMARTS) is 1. The number of halogens is 1. The maximum Gasteiger partial charge on any atom is 0.334 e. The number of hydrogen-bond acceptors (Lipinski definition) is 3. The molecule has 0 heterocycles. The molecule has 102 valence electrons. The number of amides is 1. The van der Waals surface area contributed by atoms with E-state index in [2.05, 4.69) is 5.32 Å². The second-order valence-corrected chi connectivity index (χ2v) is 4.35. The standard InChI is InChI=1S/C13H14ClNO4/c1-8-2-3-9(6-10(8)14)4-5-12(17)15-7-11(16)13(18)19/h2-6,11,16H,7H2,1H3,(H,15,17)(H,18,19). The van der Waals surface area contributed by atoms with Crippen LogP contribution in [0.4, 0.5) is 0 Å². The first-order valence-corrected chi connectivity index (χ1v) is 5.91. The number of carbonyl (C=O) groups excluding carboxylic acids is 1. The van der Waals surface area contributed by atoms with E-state index >= 15 is 0 Å². The van der Waals surface area contributed by atoms with Crippen LogP contribution in [0.15, 0.2) is 24.3 Å². The average molecular weight is 284 g/mol. The predicted octanol–water partition coefficient (Wildman–Crippen LogP) is 1.22. The van der Waals surface area contributed by atoms with Gasteiger partial charge in [0.05, 0.1) is 6.54 Å². The number of carbonyl (C=O) groups is 2. The Morgan fingerprint density at radius 1 is 1.47 bits per heavy atom. The van der Waals surface area contributed by atoms with Crippen LogP contribution in [0, 0.1) is 6.92 Å². The van der Waals surface area contributed by atoms with Gasteiger partial charge in [0.25, 0.3) is 0 Å². The van der Waals surface area contributed by atoms with Gasteiger partial charge in [-0.25, -0.2) is 4.79 Å². The Morgan fingerprint density at radius 3 is 2.74 bits per heavy atom. The summed E-state index contributed by atoms with van der Waals surface area (Å²) in [4.78, 5) is 21.7. The van der Waals surface area contributed by atoms with Crippen LogP contribution in [0.25, 0.3) is 6.08 Å². The largest absolute Gasteiger partial charge is 0.479 e. The molecule has 1 rings (SSSR count). The summed E-state index contributed by atoms with van der Waals surface area (Å²) in [5.74, 6) is -1.87. The van der Waals surface area contributed by atoms with Gasteiger partial charge < -0.3 is 15.5 Å². The van der Waals surface area contributed by atoms with Crippen molar-refractivity contribution in [3.05, 3.63) is 40.4 Å². The molecular weight excluding hydrogens is 270 g/mol. The van der Waals surface area contributed by atoms with E-state index in [0.717, 1.165) is 11.1 Å². The van der Waals surface area contributed by atoms with Crippen molar-refractivity contribution >= 4 is 29.6 Å². The Bertz CT molecular complexity index is 513. The number of nitrogens with one attached hydrogen (secondary N) is 1. The number of aliphatic hydroxyl groups is 1. The van der Waals surface area contributed by atoms with Gasteiger partial charge in [-0.2, -0.15) is 0 Å². The summed E-state index contributed by atoms with van der Waals surface area (Å²) in [6.07, 6.45) is 1.19. The highest BCUT2D eigenvalue weighted by Gasteiger charge is 2.12. The predicted molar refractivity (Wildman–Crippen MR) is 71.9 cm³/mol. The molecule has 19 heavy (non-hydrogen) atoms. The zero-order valence-electron chi connectivity index (χ0n) is 10.3. The molecule has 0 bridgehead atoms. The first-order chi connectivity index (χ1) is 8.90. The van der Waals surface area contributed by atoms with E-state index in [9.17, 15) is 9.59 Å². The number of benzene rings is 1. The molecule has 1 unspecified atom stereocenters. The van der Waals surface area contributed by atoms with Gasteiger partial charge in [0, 0.05) is 11.1 Å². The van der Waals surface area contributed by atoms with Crippen LogP contribution in [0.1, 0.15) is 11.1 Å². The lowest BCUT2D eigenvalue weighted by Crippen LogP contribution is -2.35. The van der Waals surface area contributed by atoms with Gasteiger partial charge in [0.1, 0.15) is 0 Å². The summed E-state index contributed by atoms with van der Waals surface area (Å²) in [5.41, 5.74) is 1.69. The number of aryl methyl sites for hydroxylation is 1. The van der Waals surface area contributed by atoms with Crippen molar-refractivity contribution in [1.29, 1.82) is 0 Å². The molecule has 1 amide bonds. The molecule has 1 aromatic rings. The maximum atomic E-state index is 11.4. The molecule has 5 nitrogen and oxygen atoms in total. The summed E-state index contributed by atoms with van der Waals surface area (Å²) < 4.78 is 0. The number of aliphatic carboxylic acids is 1. The highest BCUT2D eigenvalue weighted by Crippen LogP contribution is 2.17. The Hall–Kier alpha value is -1.85. The van der Waals surface area contributed by atoms with Crippen molar-refractivity contribution in [1.82, 2.24) is 5.32 Å². The highest BCUT2D eigenvalue weighted by atomic mass is 35.5. The van der Waals surface area contributed by atoms with E-state index in [1.165, 1.54) is 6.08 Å². The van der Waals surface area contributed by atoms with Gasteiger partial charge in [0.2, 0.25) is 5.91 Å². The second kappa shape index (κ2) is 6.92. The van der Waals surface area contributed by atoms with Crippen LogP contribution >= 0.6 is 11.6 Å². The van der Waals surface area contributed by atoms with Crippen molar-refractivity contribution in [2.75, 3.05) is 6.54 Å². The minimum atomic E-state index is -1.61. The molecule has 0 saturated carbocycles. The lowest BCUT2D eigenvalue weighted by molar-refractivity contribution is -0.146. The van der Waals surface area contributed by atoms with Crippen molar-refractivity contribution in [3.63, 3.8) is 0 Å². The van der Waals surface area contributed by atoms with E-state index in [4.69, 9.17) is 21.8 Å². The summed E-state index contributed by atoms with van der Waals surface area (Å²) in [6.45, 7) is 1.53. The SMILES string of the molecule is Cc1ccc(C=CC(=O)NCC(O)C(=O)O)cc1Cl. The molecule has 0 radical (unpaired) electrons. The average Bonchev–Trinajstić information content (AvgIpc) is 2.37. The summed E-state index contributed by atoms with van der Waals surface area (Å²) in [7, 11) is 0. The Morgan fingerprint density at radius 2 is 2.16 bits per heavy atom. The molecule has 0 aliphatic carbocycles. The van der Waals surface area contributed by atoms with Gasteiger partial charge in [-0.3, -0.25) is 4.79 Å². The number of hydrogen-bond donors (Lipinski definition) is 3. The summed E-state index contributed by atoms with van der Waals surface area (Å²) in [5, 5.41) is 20.3. The van der Waals surface area contributed by atoms with Crippen LogP contribution in [-0.4, -0.2) is 34.7 Å². The molecule has 0 spiro atoms. The van der Waals surface area contributed by atoms with E-state index in [0.29, 0.717) is 5.02 Å². The van der Waals surface area contributed by atoms with Gasteiger partial charge in [0.15, 0.2) is 6.10 Å². The van der Waals surface area contributed by atoms with E-state index in [1.807, 2.05) is 13.0 Å². The highest BCUT2D eigenvalue weighted by molar-refractivity contribution is 6.31. The molecule has 3 N–H and O–H groups in total. The Kier molecular flexibility index (Phi) is 5.54. The third-order valence-corrected chi connectivity index (χ3v) is 2.78. The lowest BCUT2D eigenvalue weighted by Gasteiger charge is -2.05. The third kappa shape index (κ3) is 5.11. The molecule has 0 aromatic heterocycles. The molecule has 6 heteroatoms. The molecule has 0 fully saturated rings. The quantitative estimate of drug-likeness (QED) is 0.709. The zero-order chi connectivity index (χ0) is 14.4. The van der Waals surface area contributed by atoms with Crippen molar-refractivity contribution in [3.8, 4) is 0 Å². The van der Waals surface area contributed by atoms with Gasteiger partial charge in [-0.1, -0.05) is 23.7 Å². The van der Waals surface area contributed by atoms with Gasteiger partial charge in [-0.15, -0.1) is 0 Å². The zero-order valence-corrected chi connectivity index (χ0v) is 11.0. The number of rotatable bonds is 5. The monoisotopic (exact) mass is 283 g/mol. The van der Waals surface area contributed by atoms with Crippen LogP contribution in [0.2, 0.25) is 5.02 Å². The minimum Gasteiger partial charge on any atom is -0.479 e. The first kappa shape index (κ1) is 15.2. The second-order valence-electron chi connectivity index (χ2n) is 3.94. The number of aliphatic hydroxyl groups excluding tert-OH is 1. The number of carboxylic acids is 1. The fourth-order valence-corrected chi connectivity index (χ4v) is 1.42. The van der Waals surface area contributed by atoms with Crippen molar-refractivity contribution < 1.29 is 19.8 Å². The van der Waals surface area contributed by atoms with Crippen LogP contribution in [-0.2, 0) is 9.59 Å². The van der Waals surface area contributed by atoms with E-state index < -0.39 is 18.0 Å². The molecule has 1 aromatic carbocycles. The van der Waals surface area contributed by atoms with Gasteiger partial charge in [-0.05, 0) is 30.2 Å². The first-order valence-electron chi connectivity index (χ1n) is 5.53. The topological polar surface area (TPSA) is 86.6 Å². The maximum absolute atomic E-state index is 11.4.